The molecule has 1 saturated carbocycles. The van der Waals surface area contributed by atoms with E-state index in [1.807, 2.05) is 12.1 Å². The van der Waals surface area contributed by atoms with Crippen LogP contribution >= 0.6 is 0 Å². The van der Waals surface area contributed by atoms with E-state index in [1.54, 1.807) is 12.1 Å². The Hall–Kier alpha value is -2.21. The first-order chi connectivity index (χ1) is 9.67. The van der Waals surface area contributed by atoms with Crippen molar-refractivity contribution in [1.82, 2.24) is 15.2 Å². The third kappa shape index (κ3) is 2.42. The quantitative estimate of drug-likeness (QED) is 0.793. The van der Waals surface area contributed by atoms with Crippen LogP contribution in [0.5, 0.6) is 0 Å². The molecule has 1 fully saturated rings. The summed E-state index contributed by atoms with van der Waals surface area (Å²) in [6, 6.07) is 7.29. The SMILES string of the molecule is O=C(Nc1cccc(-c2ncn[nH]2)c1)C1(O)CCCC1. The number of aliphatic hydroxyl groups is 1. The predicted octanol–water partition coefficient (Wildman–Crippen LogP) is 1.72. The van der Waals surface area contributed by atoms with E-state index in [1.165, 1.54) is 6.33 Å². The standard InChI is InChI=1S/C14H16N4O2/c19-13(14(20)6-1-2-7-14)17-11-5-3-4-10(8-11)12-15-9-16-18-12/h3-5,8-9,20H,1-2,6-7H2,(H,17,19)(H,15,16,18). The van der Waals surface area contributed by atoms with Crippen LogP contribution in [0.1, 0.15) is 25.7 Å². The first-order valence-electron chi connectivity index (χ1n) is 6.67. The van der Waals surface area contributed by atoms with Crippen LogP contribution in [-0.2, 0) is 4.79 Å². The van der Waals surface area contributed by atoms with E-state index in [0.29, 0.717) is 24.4 Å². The number of anilines is 1. The Bertz CT molecular complexity index is 603. The summed E-state index contributed by atoms with van der Waals surface area (Å²) in [5.41, 5.74) is 0.255. The van der Waals surface area contributed by atoms with Crippen LogP contribution in [0.25, 0.3) is 11.4 Å². The first-order valence-corrected chi connectivity index (χ1v) is 6.67. The van der Waals surface area contributed by atoms with Gasteiger partial charge in [0.25, 0.3) is 5.91 Å². The highest BCUT2D eigenvalue weighted by atomic mass is 16.3. The molecular weight excluding hydrogens is 256 g/mol. The van der Waals surface area contributed by atoms with E-state index < -0.39 is 5.60 Å². The summed E-state index contributed by atoms with van der Waals surface area (Å²) in [5, 5.41) is 19.6. The summed E-state index contributed by atoms with van der Waals surface area (Å²) in [4.78, 5) is 16.2. The Morgan fingerprint density at radius 1 is 1.35 bits per heavy atom. The molecule has 1 amide bonds. The van der Waals surface area contributed by atoms with Gasteiger partial charge in [-0.15, -0.1) is 0 Å². The van der Waals surface area contributed by atoms with E-state index in [9.17, 15) is 9.90 Å². The van der Waals surface area contributed by atoms with E-state index in [4.69, 9.17) is 0 Å². The molecule has 1 aromatic heterocycles. The molecule has 3 rings (SSSR count). The number of H-pyrrole nitrogens is 1. The van der Waals surface area contributed by atoms with Crippen molar-refractivity contribution in [1.29, 1.82) is 0 Å². The summed E-state index contributed by atoms with van der Waals surface area (Å²) in [5.74, 6) is 0.311. The average molecular weight is 272 g/mol. The fourth-order valence-corrected chi connectivity index (χ4v) is 2.52. The van der Waals surface area contributed by atoms with Gasteiger partial charge in [0.15, 0.2) is 5.82 Å². The van der Waals surface area contributed by atoms with Gasteiger partial charge in [-0.2, -0.15) is 5.10 Å². The molecule has 6 heteroatoms. The van der Waals surface area contributed by atoms with Gasteiger partial charge in [-0.1, -0.05) is 12.1 Å². The Labute approximate surface area is 116 Å². The molecule has 20 heavy (non-hydrogen) atoms. The normalized spacial score (nSPS) is 17.1. The lowest BCUT2D eigenvalue weighted by molar-refractivity contribution is -0.133. The van der Waals surface area contributed by atoms with Crippen molar-refractivity contribution >= 4 is 11.6 Å². The van der Waals surface area contributed by atoms with Crippen LogP contribution < -0.4 is 5.32 Å². The average Bonchev–Trinajstić information content (AvgIpc) is 3.11. The molecule has 0 radical (unpaired) electrons. The van der Waals surface area contributed by atoms with E-state index in [2.05, 4.69) is 20.5 Å². The topological polar surface area (TPSA) is 90.9 Å². The van der Waals surface area contributed by atoms with Crippen LogP contribution in [0.2, 0.25) is 0 Å². The third-order valence-corrected chi connectivity index (χ3v) is 3.66. The van der Waals surface area contributed by atoms with Gasteiger partial charge in [0.2, 0.25) is 0 Å². The van der Waals surface area contributed by atoms with Crippen molar-refractivity contribution in [2.45, 2.75) is 31.3 Å². The predicted molar refractivity (Wildman–Crippen MR) is 73.9 cm³/mol. The van der Waals surface area contributed by atoms with E-state index in [0.717, 1.165) is 18.4 Å². The fourth-order valence-electron chi connectivity index (χ4n) is 2.52. The highest BCUT2D eigenvalue weighted by molar-refractivity contribution is 5.97. The minimum Gasteiger partial charge on any atom is -0.380 e. The second kappa shape index (κ2) is 5.05. The largest absolute Gasteiger partial charge is 0.380 e. The smallest absolute Gasteiger partial charge is 0.256 e. The monoisotopic (exact) mass is 272 g/mol. The number of aromatic nitrogens is 3. The highest BCUT2D eigenvalue weighted by Gasteiger charge is 2.38. The van der Waals surface area contributed by atoms with Crippen LogP contribution in [-0.4, -0.2) is 31.8 Å². The van der Waals surface area contributed by atoms with Gasteiger partial charge in [-0.25, -0.2) is 4.98 Å². The van der Waals surface area contributed by atoms with Crippen LogP contribution in [0.3, 0.4) is 0 Å². The molecule has 6 nitrogen and oxygen atoms in total. The zero-order chi connectivity index (χ0) is 14.0. The number of aromatic amines is 1. The zero-order valence-electron chi connectivity index (χ0n) is 11.0. The summed E-state index contributed by atoms with van der Waals surface area (Å²) in [7, 11) is 0. The minimum atomic E-state index is -1.22. The van der Waals surface area contributed by atoms with E-state index in [-0.39, 0.29) is 5.91 Å². The molecule has 1 heterocycles. The van der Waals surface area contributed by atoms with E-state index >= 15 is 0 Å². The summed E-state index contributed by atoms with van der Waals surface area (Å²) in [6.45, 7) is 0. The molecule has 0 unspecified atom stereocenters. The number of carbonyl (C=O) groups is 1. The number of carbonyl (C=O) groups excluding carboxylic acids is 1. The number of nitrogens with zero attached hydrogens (tertiary/aromatic N) is 2. The van der Waals surface area contributed by atoms with Gasteiger partial charge < -0.3 is 10.4 Å². The maximum Gasteiger partial charge on any atom is 0.256 e. The minimum absolute atomic E-state index is 0.329. The number of benzene rings is 1. The van der Waals surface area contributed by atoms with Crippen molar-refractivity contribution in [3.05, 3.63) is 30.6 Å². The zero-order valence-corrected chi connectivity index (χ0v) is 11.0. The molecular formula is C14H16N4O2. The summed E-state index contributed by atoms with van der Waals surface area (Å²) >= 11 is 0. The number of nitrogens with one attached hydrogen (secondary N) is 2. The summed E-state index contributed by atoms with van der Waals surface area (Å²) < 4.78 is 0. The molecule has 0 spiro atoms. The lowest BCUT2D eigenvalue weighted by Gasteiger charge is -2.21. The fraction of sp³-hybridized carbons (Fsp3) is 0.357. The van der Waals surface area contributed by atoms with Gasteiger partial charge >= 0.3 is 0 Å². The molecule has 0 aliphatic heterocycles. The maximum absolute atomic E-state index is 12.1. The molecule has 1 aliphatic carbocycles. The van der Waals surface area contributed by atoms with Crippen molar-refractivity contribution < 1.29 is 9.90 Å². The Balaban J connectivity index is 1.78. The maximum atomic E-state index is 12.1. The third-order valence-electron chi connectivity index (χ3n) is 3.66. The van der Waals surface area contributed by atoms with Gasteiger partial charge in [0, 0.05) is 11.3 Å². The van der Waals surface area contributed by atoms with Crippen molar-refractivity contribution in [2.24, 2.45) is 0 Å². The number of hydrogen-bond acceptors (Lipinski definition) is 4. The molecule has 0 bridgehead atoms. The molecule has 104 valence electrons. The number of rotatable bonds is 3. The van der Waals surface area contributed by atoms with Crippen LogP contribution in [0.15, 0.2) is 30.6 Å². The lowest BCUT2D eigenvalue weighted by Crippen LogP contribution is -2.40. The molecule has 0 atom stereocenters. The van der Waals surface area contributed by atoms with Crippen molar-refractivity contribution in [3.8, 4) is 11.4 Å². The molecule has 2 aromatic rings. The van der Waals surface area contributed by atoms with Crippen LogP contribution in [0, 0.1) is 0 Å². The molecule has 0 saturated heterocycles. The van der Waals surface area contributed by atoms with Gasteiger partial charge in [0.05, 0.1) is 0 Å². The Morgan fingerprint density at radius 3 is 2.85 bits per heavy atom. The Kier molecular flexibility index (Phi) is 3.23. The van der Waals surface area contributed by atoms with Crippen LogP contribution in [0.4, 0.5) is 5.69 Å². The molecule has 1 aliphatic rings. The first kappa shape index (κ1) is 12.8. The summed E-state index contributed by atoms with van der Waals surface area (Å²) in [6.07, 6.45) is 4.27. The Morgan fingerprint density at radius 2 is 2.15 bits per heavy atom. The molecule has 1 aromatic carbocycles. The number of hydrogen-bond donors (Lipinski definition) is 3. The van der Waals surface area contributed by atoms with Crippen molar-refractivity contribution in [3.63, 3.8) is 0 Å². The second-order valence-corrected chi connectivity index (χ2v) is 5.11. The van der Waals surface area contributed by atoms with Gasteiger partial charge in [-0.3, -0.25) is 9.89 Å². The molecule has 3 N–H and O–H groups in total. The van der Waals surface area contributed by atoms with Gasteiger partial charge in [0.1, 0.15) is 11.9 Å². The van der Waals surface area contributed by atoms with Gasteiger partial charge in [-0.05, 0) is 37.8 Å². The van der Waals surface area contributed by atoms with Crippen molar-refractivity contribution in [2.75, 3.05) is 5.32 Å². The second-order valence-electron chi connectivity index (χ2n) is 5.11. The number of amides is 1. The lowest BCUT2D eigenvalue weighted by atomic mass is 10.0. The highest BCUT2D eigenvalue weighted by Crippen LogP contribution is 2.31.